The molecule has 1 heteroatoms. The van der Waals surface area contributed by atoms with Crippen molar-refractivity contribution >= 4 is 0 Å². The minimum absolute atomic E-state index is 0.151. The molecule has 0 aromatic heterocycles. The number of phenolic OH excluding ortho intramolecular Hbond substituents is 1. The van der Waals surface area contributed by atoms with Gasteiger partial charge in [0.25, 0.3) is 0 Å². The summed E-state index contributed by atoms with van der Waals surface area (Å²) in [6.45, 7) is 4.36. The highest BCUT2D eigenvalue weighted by Gasteiger charge is 2.20. The number of rotatable bonds is 4. The quantitative estimate of drug-likeness (QED) is 0.656. The Kier molecular flexibility index (Phi) is 4.47. The molecule has 0 fully saturated rings. The van der Waals surface area contributed by atoms with Crippen LogP contribution in [0, 0.1) is 0 Å². The van der Waals surface area contributed by atoms with E-state index >= 15 is 0 Å². The van der Waals surface area contributed by atoms with Crippen molar-refractivity contribution in [2.75, 3.05) is 0 Å². The Balaban J connectivity index is 2.07. The number of aromatic hydroxyl groups is 1. The largest absolute Gasteiger partial charge is 0.508 e. The van der Waals surface area contributed by atoms with E-state index in [0.717, 1.165) is 5.56 Å². The molecule has 1 nitrogen and oxygen atoms in total. The van der Waals surface area contributed by atoms with Gasteiger partial charge in [0.1, 0.15) is 5.75 Å². The second-order valence-electron chi connectivity index (χ2n) is 6.04. The molecule has 0 amide bonds. The number of hydrogen-bond acceptors (Lipinski definition) is 1. The minimum atomic E-state index is 0.151. The third-order valence-electron chi connectivity index (χ3n) is 4.62. The molecule has 0 saturated heterocycles. The molecule has 0 saturated carbocycles. The van der Waals surface area contributed by atoms with E-state index in [9.17, 15) is 5.11 Å². The molecule has 2 atom stereocenters. The fourth-order valence-corrected chi connectivity index (χ4v) is 3.25. The number of hydrogen-bond donors (Lipinski definition) is 1. The van der Waals surface area contributed by atoms with Crippen LogP contribution in [0.15, 0.2) is 78.9 Å². The molecule has 0 bridgehead atoms. The standard InChI is InChI=1S/C22H22O/c1-16(18-10-5-3-6-11-18)20-14-9-15-21(23)22(20)17(2)19-12-7-4-8-13-19/h3-17,23H,1-2H3. The van der Waals surface area contributed by atoms with Gasteiger partial charge in [-0.15, -0.1) is 0 Å². The highest BCUT2D eigenvalue weighted by Crippen LogP contribution is 2.38. The molecule has 3 aromatic rings. The summed E-state index contributed by atoms with van der Waals surface area (Å²) in [5, 5.41) is 10.5. The zero-order chi connectivity index (χ0) is 16.2. The Morgan fingerprint density at radius 2 is 1.13 bits per heavy atom. The van der Waals surface area contributed by atoms with Gasteiger partial charge in [0, 0.05) is 17.4 Å². The number of phenols is 1. The van der Waals surface area contributed by atoms with E-state index in [1.165, 1.54) is 16.7 Å². The zero-order valence-electron chi connectivity index (χ0n) is 13.6. The van der Waals surface area contributed by atoms with E-state index in [1.807, 2.05) is 30.3 Å². The van der Waals surface area contributed by atoms with Gasteiger partial charge in [0.15, 0.2) is 0 Å². The predicted octanol–water partition coefficient (Wildman–Crippen LogP) is 5.70. The minimum Gasteiger partial charge on any atom is -0.508 e. The molecule has 3 aromatic carbocycles. The van der Waals surface area contributed by atoms with Crippen molar-refractivity contribution in [1.82, 2.24) is 0 Å². The lowest BCUT2D eigenvalue weighted by molar-refractivity contribution is 0.464. The summed E-state index contributed by atoms with van der Waals surface area (Å²) in [4.78, 5) is 0. The molecule has 3 rings (SSSR count). The van der Waals surface area contributed by atoms with Gasteiger partial charge >= 0.3 is 0 Å². The first kappa shape index (κ1) is 15.4. The summed E-state index contributed by atoms with van der Waals surface area (Å²) in [5.74, 6) is 0.768. The average molecular weight is 302 g/mol. The first-order valence-electron chi connectivity index (χ1n) is 8.10. The van der Waals surface area contributed by atoms with Gasteiger partial charge in [-0.2, -0.15) is 0 Å². The first-order valence-corrected chi connectivity index (χ1v) is 8.10. The fourth-order valence-electron chi connectivity index (χ4n) is 3.25. The smallest absolute Gasteiger partial charge is 0.119 e. The van der Waals surface area contributed by atoms with Gasteiger partial charge in [-0.3, -0.25) is 0 Å². The maximum Gasteiger partial charge on any atom is 0.119 e. The summed E-state index contributed by atoms with van der Waals surface area (Å²) < 4.78 is 0. The Bertz CT molecular complexity index is 762. The molecular formula is C22H22O. The van der Waals surface area contributed by atoms with Crippen molar-refractivity contribution in [3.8, 4) is 5.75 Å². The van der Waals surface area contributed by atoms with E-state index in [2.05, 4.69) is 56.3 Å². The Labute approximate surface area is 138 Å². The van der Waals surface area contributed by atoms with Gasteiger partial charge in [-0.25, -0.2) is 0 Å². The molecule has 0 aliphatic carbocycles. The lowest BCUT2D eigenvalue weighted by atomic mass is 9.82. The molecule has 116 valence electrons. The summed E-state index contributed by atoms with van der Waals surface area (Å²) in [7, 11) is 0. The van der Waals surface area contributed by atoms with Crippen LogP contribution in [-0.4, -0.2) is 5.11 Å². The van der Waals surface area contributed by atoms with E-state index in [-0.39, 0.29) is 11.8 Å². The maximum absolute atomic E-state index is 10.5. The SMILES string of the molecule is CC(c1ccccc1)c1cccc(O)c1C(C)c1ccccc1. The predicted molar refractivity (Wildman–Crippen MR) is 96.0 cm³/mol. The molecule has 1 N–H and O–H groups in total. The Morgan fingerprint density at radius 1 is 0.609 bits per heavy atom. The van der Waals surface area contributed by atoms with Crippen molar-refractivity contribution < 1.29 is 5.11 Å². The van der Waals surface area contributed by atoms with Gasteiger partial charge in [0.2, 0.25) is 0 Å². The zero-order valence-corrected chi connectivity index (χ0v) is 13.6. The third kappa shape index (κ3) is 3.14. The molecule has 2 unspecified atom stereocenters. The van der Waals surface area contributed by atoms with Crippen molar-refractivity contribution in [1.29, 1.82) is 0 Å². The van der Waals surface area contributed by atoms with Crippen molar-refractivity contribution in [3.63, 3.8) is 0 Å². The van der Waals surface area contributed by atoms with Crippen LogP contribution in [0.25, 0.3) is 0 Å². The van der Waals surface area contributed by atoms with Crippen LogP contribution in [0.3, 0.4) is 0 Å². The van der Waals surface area contributed by atoms with Crippen LogP contribution in [0.1, 0.15) is 47.9 Å². The normalized spacial score (nSPS) is 13.5. The molecule has 0 aliphatic rings. The van der Waals surface area contributed by atoms with Crippen molar-refractivity contribution in [3.05, 3.63) is 101 Å². The number of benzene rings is 3. The van der Waals surface area contributed by atoms with Crippen LogP contribution in [0.4, 0.5) is 0 Å². The van der Waals surface area contributed by atoms with Crippen molar-refractivity contribution in [2.24, 2.45) is 0 Å². The van der Waals surface area contributed by atoms with Gasteiger partial charge < -0.3 is 5.11 Å². The van der Waals surface area contributed by atoms with Crippen LogP contribution in [-0.2, 0) is 0 Å². The average Bonchev–Trinajstić information content (AvgIpc) is 2.62. The first-order chi connectivity index (χ1) is 11.2. The van der Waals surface area contributed by atoms with Crippen molar-refractivity contribution in [2.45, 2.75) is 25.7 Å². The fraction of sp³-hybridized carbons (Fsp3) is 0.182. The van der Waals surface area contributed by atoms with Crippen LogP contribution < -0.4 is 0 Å². The van der Waals surface area contributed by atoms with Gasteiger partial charge in [-0.1, -0.05) is 86.6 Å². The highest BCUT2D eigenvalue weighted by molar-refractivity contribution is 5.49. The molecule has 0 radical (unpaired) electrons. The Hall–Kier alpha value is -2.54. The van der Waals surface area contributed by atoms with Crippen LogP contribution >= 0.6 is 0 Å². The lowest BCUT2D eigenvalue weighted by Crippen LogP contribution is -2.05. The van der Waals surface area contributed by atoms with E-state index in [0.29, 0.717) is 5.75 Å². The maximum atomic E-state index is 10.5. The van der Waals surface area contributed by atoms with Crippen LogP contribution in [0.2, 0.25) is 0 Å². The van der Waals surface area contributed by atoms with Gasteiger partial charge in [-0.05, 0) is 22.8 Å². The van der Waals surface area contributed by atoms with E-state index in [4.69, 9.17) is 0 Å². The monoisotopic (exact) mass is 302 g/mol. The van der Waals surface area contributed by atoms with Gasteiger partial charge in [0.05, 0.1) is 0 Å². The summed E-state index contributed by atoms with van der Waals surface area (Å²) in [5.41, 5.74) is 4.69. The van der Waals surface area contributed by atoms with E-state index in [1.54, 1.807) is 6.07 Å². The Morgan fingerprint density at radius 3 is 1.70 bits per heavy atom. The summed E-state index contributed by atoms with van der Waals surface area (Å²) in [6, 6.07) is 26.7. The molecule has 0 aliphatic heterocycles. The lowest BCUT2D eigenvalue weighted by Gasteiger charge is -2.22. The molecule has 23 heavy (non-hydrogen) atoms. The second-order valence-corrected chi connectivity index (χ2v) is 6.04. The molecule has 0 spiro atoms. The third-order valence-corrected chi connectivity index (χ3v) is 4.62. The molecular weight excluding hydrogens is 280 g/mol. The van der Waals surface area contributed by atoms with Crippen LogP contribution in [0.5, 0.6) is 5.75 Å². The molecule has 0 heterocycles. The van der Waals surface area contributed by atoms with E-state index < -0.39 is 0 Å². The summed E-state index contributed by atoms with van der Waals surface area (Å²) in [6.07, 6.45) is 0. The summed E-state index contributed by atoms with van der Waals surface area (Å²) >= 11 is 0. The second kappa shape index (κ2) is 6.70. The topological polar surface area (TPSA) is 20.2 Å². The highest BCUT2D eigenvalue weighted by atomic mass is 16.3.